The summed E-state index contributed by atoms with van der Waals surface area (Å²) in [6, 6.07) is 15.5. The van der Waals surface area contributed by atoms with Gasteiger partial charge in [-0.3, -0.25) is 4.90 Å². The Morgan fingerprint density at radius 1 is 0.971 bits per heavy atom. The first-order valence-corrected chi connectivity index (χ1v) is 16.4. The number of rotatable bonds is 14. The van der Waals surface area contributed by atoms with Crippen LogP contribution in [0.3, 0.4) is 0 Å². The van der Waals surface area contributed by atoms with Crippen LogP contribution in [0.25, 0.3) is 0 Å². The summed E-state index contributed by atoms with van der Waals surface area (Å²) in [6.07, 6.45) is 2.33. The summed E-state index contributed by atoms with van der Waals surface area (Å²) in [4.78, 5) is 2.25. The second-order valence-electron chi connectivity index (χ2n) is 8.59. The first kappa shape index (κ1) is 28.7. The molecule has 0 saturated carbocycles. The monoisotopic (exact) mass is 556 g/mol. The fourth-order valence-corrected chi connectivity index (χ4v) is 8.16. The van der Waals surface area contributed by atoms with E-state index in [1.807, 2.05) is 66.0 Å². The Hall–Kier alpha value is -0.900. The summed E-state index contributed by atoms with van der Waals surface area (Å²) in [5.41, 5.74) is 2.07. The van der Waals surface area contributed by atoms with Gasteiger partial charge in [0, 0.05) is 32.7 Å². The van der Waals surface area contributed by atoms with E-state index >= 15 is 0 Å². The zero-order chi connectivity index (χ0) is 25.1. The van der Waals surface area contributed by atoms with E-state index < -0.39 is 10.0 Å². The van der Waals surface area contributed by atoms with Crippen LogP contribution in [0.2, 0.25) is 5.02 Å². The van der Waals surface area contributed by atoms with Crippen LogP contribution in [0.1, 0.15) is 42.4 Å². The standard InChI is InChI=1S/C26H37ClN2O3S3/c1-3-18-33-26(34-19-4-2)23-10-11-25(24(27)20-23)32-17-16-28-12-14-29(15-13-28)35(30,31)21-22-8-6-5-7-9-22/h5-11,20,26H,3-4,12-19,21H2,1-2H3. The van der Waals surface area contributed by atoms with Gasteiger partial charge in [0.25, 0.3) is 0 Å². The molecule has 0 atom stereocenters. The Morgan fingerprint density at radius 2 is 1.63 bits per heavy atom. The van der Waals surface area contributed by atoms with Crippen LogP contribution < -0.4 is 4.74 Å². The van der Waals surface area contributed by atoms with Crippen molar-refractivity contribution < 1.29 is 13.2 Å². The maximum atomic E-state index is 12.8. The highest BCUT2D eigenvalue weighted by atomic mass is 35.5. The lowest BCUT2D eigenvalue weighted by molar-refractivity contribution is 0.159. The average molecular weight is 557 g/mol. The van der Waals surface area contributed by atoms with Crippen molar-refractivity contribution in [2.75, 3.05) is 50.8 Å². The SMILES string of the molecule is CCCSC(SCCC)c1ccc(OCCN2CCN(S(=O)(=O)Cc3ccccc3)CC2)c(Cl)c1. The molecule has 9 heteroatoms. The summed E-state index contributed by atoms with van der Waals surface area (Å²) in [6.45, 7) is 8.11. The van der Waals surface area contributed by atoms with Gasteiger partial charge in [-0.2, -0.15) is 4.31 Å². The molecule has 2 aromatic carbocycles. The van der Waals surface area contributed by atoms with E-state index in [1.165, 1.54) is 5.56 Å². The third-order valence-corrected chi connectivity index (χ3v) is 11.2. The van der Waals surface area contributed by atoms with Crippen molar-refractivity contribution in [3.8, 4) is 5.75 Å². The number of hydrogen-bond donors (Lipinski definition) is 0. The molecular weight excluding hydrogens is 520 g/mol. The third kappa shape index (κ3) is 9.17. The molecule has 5 nitrogen and oxygen atoms in total. The number of hydrogen-bond acceptors (Lipinski definition) is 6. The molecule has 35 heavy (non-hydrogen) atoms. The van der Waals surface area contributed by atoms with Crippen LogP contribution in [-0.2, 0) is 15.8 Å². The van der Waals surface area contributed by atoms with E-state index in [0.29, 0.717) is 48.1 Å². The van der Waals surface area contributed by atoms with Crippen molar-refractivity contribution in [1.82, 2.24) is 9.21 Å². The molecule has 1 heterocycles. The molecule has 194 valence electrons. The van der Waals surface area contributed by atoms with Crippen LogP contribution >= 0.6 is 35.1 Å². The van der Waals surface area contributed by atoms with E-state index in [1.54, 1.807) is 4.31 Å². The fourth-order valence-electron chi connectivity index (χ4n) is 3.86. The molecule has 3 rings (SSSR count). The minimum atomic E-state index is -3.30. The first-order chi connectivity index (χ1) is 16.9. The predicted molar refractivity (Wildman–Crippen MR) is 152 cm³/mol. The molecule has 1 aliphatic heterocycles. The maximum absolute atomic E-state index is 12.8. The van der Waals surface area contributed by atoms with Crippen LogP contribution in [0.4, 0.5) is 0 Å². The van der Waals surface area contributed by atoms with Crippen molar-refractivity contribution in [3.05, 3.63) is 64.7 Å². The smallest absolute Gasteiger partial charge is 0.218 e. The van der Waals surface area contributed by atoms with E-state index in [2.05, 4.69) is 24.8 Å². The molecule has 1 fully saturated rings. The molecule has 2 aromatic rings. The Bertz CT molecular complexity index is 992. The molecule has 0 aliphatic carbocycles. The first-order valence-electron chi connectivity index (χ1n) is 12.3. The Kier molecular flexibility index (Phi) is 12.1. The van der Waals surface area contributed by atoms with Gasteiger partial charge in [0.1, 0.15) is 12.4 Å². The fraction of sp³-hybridized carbons (Fsp3) is 0.538. The number of benzene rings is 2. The number of sulfonamides is 1. The van der Waals surface area contributed by atoms with E-state index in [0.717, 1.165) is 36.5 Å². The molecule has 0 amide bonds. The maximum Gasteiger partial charge on any atom is 0.218 e. The lowest BCUT2D eigenvalue weighted by Gasteiger charge is -2.33. The highest BCUT2D eigenvalue weighted by Crippen LogP contribution is 2.42. The average Bonchev–Trinajstić information content (AvgIpc) is 2.86. The zero-order valence-electron chi connectivity index (χ0n) is 20.7. The molecule has 0 N–H and O–H groups in total. The normalized spacial score (nSPS) is 15.5. The summed E-state index contributed by atoms with van der Waals surface area (Å²) in [5.74, 6) is 3.04. The molecule has 0 spiro atoms. The number of nitrogens with zero attached hydrogens (tertiary/aromatic N) is 2. The highest BCUT2D eigenvalue weighted by Gasteiger charge is 2.27. The van der Waals surface area contributed by atoms with Gasteiger partial charge in [-0.15, -0.1) is 23.5 Å². The minimum Gasteiger partial charge on any atom is -0.491 e. The van der Waals surface area contributed by atoms with Gasteiger partial charge in [0.05, 0.1) is 15.4 Å². The molecule has 0 aromatic heterocycles. The van der Waals surface area contributed by atoms with Gasteiger partial charge in [-0.05, 0) is 47.6 Å². The molecular formula is C26H37ClN2O3S3. The second-order valence-corrected chi connectivity index (χ2v) is 13.7. The predicted octanol–water partition coefficient (Wildman–Crippen LogP) is 6.15. The van der Waals surface area contributed by atoms with Gasteiger partial charge in [0.15, 0.2) is 0 Å². The quantitative estimate of drug-likeness (QED) is 0.260. The largest absolute Gasteiger partial charge is 0.491 e. The van der Waals surface area contributed by atoms with Gasteiger partial charge >= 0.3 is 0 Å². The summed E-state index contributed by atoms with van der Waals surface area (Å²) in [7, 11) is -3.30. The van der Waals surface area contributed by atoms with Crippen LogP contribution in [0, 0.1) is 0 Å². The van der Waals surface area contributed by atoms with Crippen molar-refractivity contribution in [2.45, 2.75) is 37.0 Å². The van der Waals surface area contributed by atoms with Crippen molar-refractivity contribution in [1.29, 1.82) is 0 Å². The molecule has 1 saturated heterocycles. The van der Waals surface area contributed by atoms with Crippen molar-refractivity contribution in [3.63, 3.8) is 0 Å². The Balaban J connectivity index is 1.45. The lowest BCUT2D eigenvalue weighted by Crippen LogP contribution is -2.49. The molecule has 0 bridgehead atoms. The number of ether oxygens (including phenoxy) is 1. The van der Waals surface area contributed by atoms with Crippen molar-refractivity contribution in [2.24, 2.45) is 0 Å². The van der Waals surface area contributed by atoms with E-state index in [4.69, 9.17) is 16.3 Å². The third-order valence-electron chi connectivity index (χ3n) is 5.76. The topological polar surface area (TPSA) is 49.9 Å². The van der Waals surface area contributed by atoms with E-state index in [9.17, 15) is 8.42 Å². The van der Waals surface area contributed by atoms with Gasteiger partial charge < -0.3 is 4.74 Å². The number of piperazine rings is 1. The molecule has 0 radical (unpaired) electrons. The second kappa shape index (κ2) is 14.7. The Morgan fingerprint density at radius 3 is 2.23 bits per heavy atom. The van der Waals surface area contributed by atoms with E-state index in [-0.39, 0.29) is 5.75 Å². The molecule has 1 aliphatic rings. The van der Waals surface area contributed by atoms with Gasteiger partial charge in [0.2, 0.25) is 10.0 Å². The highest BCUT2D eigenvalue weighted by molar-refractivity contribution is 8.16. The number of thioether (sulfide) groups is 2. The summed E-state index contributed by atoms with van der Waals surface area (Å²) < 4.78 is 33.5. The van der Waals surface area contributed by atoms with Crippen molar-refractivity contribution >= 4 is 45.1 Å². The van der Waals surface area contributed by atoms with Crippen LogP contribution in [-0.4, -0.2) is 68.5 Å². The molecule has 0 unspecified atom stereocenters. The summed E-state index contributed by atoms with van der Waals surface area (Å²) >= 11 is 10.5. The number of halogens is 1. The summed E-state index contributed by atoms with van der Waals surface area (Å²) in [5, 5.41) is 0.651. The van der Waals surface area contributed by atoms with Crippen LogP contribution in [0.15, 0.2) is 48.5 Å². The zero-order valence-corrected chi connectivity index (χ0v) is 23.9. The van der Waals surface area contributed by atoms with Gasteiger partial charge in [-0.1, -0.05) is 61.8 Å². The minimum absolute atomic E-state index is 0.0558. The Labute approximate surface area is 225 Å². The lowest BCUT2D eigenvalue weighted by atomic mass is 10.2. The van der Waals surface area contributed by atoms with Gasteiger partial charge in [-0.25, -0.2) is 8.42 Å². The van der Waals surface area contributed by atoms with Crippen LogP contribution in [0.5, 0.6) is 5.75 Å².